The quantitative estimate of drug-likeness (QED) is 0.413. The van der Waals surface area contributed by atoms with Crippen LogP contribution in [0.4, 0.5) is 0 Å². The van der Waals surface area contributed by atoms with E-state index in [0.29, 0.717) is 10.9 Å². The molecule has 1 N–H and O–H groups in total. The van der Waals surface area contributed by atoms with E-state index in [1.165, 1.54) is 12.8 Å². The molecule has 0 aliphatic carbocycles. The average Bonchev–Trinajstić information content (AvgIpc) is 2.04. The van der Waals surface area contributed by atoms with Gasteiger partial charge in [0.1, 0.15) is 0 Å². The van der Waals surface area contributed by atoms with E-state index in [2.05, 4.69) is 54.2 Å². The van der Waals surface area contributed by atoms with Gasteiger partial charge >= 0.3 is 0 Å². The Morgan fingerprint density at radius 3 is 2.62 bits per heavy atom. The topological polar surface area (TPSA) is 12.0 Å². The van der Waals surface area contributed by atoms with E-state index in [0.717, 1.165) is 13.0 Å². The Kier molecular flexibility index (Phi) is 8.89. The Hall–Kier alpha value is 0.180. The summed E-state index contributed by atoms with van der Waals surface area (Å²) in [6.45, 7) is 7.62. The molecule has 0 bridgehead atoms. The second kappa shape index (κ2) is 8.76. The molecule has 13 heavy (non-hydrogen) atoms. The first-order valence-corrected chi connectivity index (χ1v) is 6.12. The molecule has 78 valence electrons. The van der Waals surface area contributed by atoms with Crippen LogP contribution in [0.1, 0.15) is 40.0 Å². The number of nitrogens with one attached hydrogen (secondary N) is 1. The number of halogens is 1. The van der Waals surface area contributed by atoms with Crippen molar-refractivity contribution in [1.82, 2.24) is 5.32 Å². The second-order valence-corrected chi connectivity index (χ2v) is 5.02. The lowest BCUT2D eigenvalue weighted by atomic mass is 10.1. The Bertz CT molecular complexity index is 132. The Morgan fingerprint density at radius 1 is 1.46 bits per heavy atom. The third-order valence-corrected chi connectivity index (χ3v) is 2.31. The SMILES string of the molecule is CC=CC(CC(C)Br)NCCCC. The molecule has 0 fully saturated rings. The fraction of sp³-hybridized carbons (Fsp3) is 0.818. The van der Waals surface area contributed by atoms with E-state index in [1.807, 2.05) is 0 Å². The van der Waals surface area contributed by atoms with Crippen LogP contribution in [-0.2, 0) is 0 Å². The van der Waals surface area contributed by atoms with Crippen LogP contribution in [0, 0.1) is 0 Å². The van der Waals surface area contributed by atoms with Gasteiger partial charge in [-0.1, -0.05) is 48.4 Å². The zero-order chi connectivity index (χ0) is 10.1. The molecule has 1 nitrogen and oxygen atoms in total. The summed E-state index contributed by atoms with van der Waals surface area (Å²) in [7, 11) is 0. The van der Waals surface area contributed by atoms with Crippen LogP contribution in [0.2, 0.25) is 0 Å². The lowest BCUT2D eigenvalue weighted by molar-refractivity contribution is 0.542. The van der Waals surface area contributed by atoms with Gasteiger partial charge in [0.15, 0.2) is 0 Å². The van der Waals surface area contributed by atoms with E-state index in [9.17, 15) is 0 Å². The minimum Gasteiger partial charge on any atom is -0.310 e. The van der Waals surface area contributed by atoms with E-state index >= 15 is 0 Å². The third kappa shape index (κ3) is 8.51. The molecule has 2 atom stereocenters. The predicted octanol–water partition coefficient (Wildman–Crippen LogP) is 3.49. The van der Waals surface area contributed by atoms with Crippen molar-refractivity contribution in [3.63, 3.8) is 0 Å². The van der Waals surface area contributed by atoms with Crippen molar-refractivity contribution < 1.29 is 0 Å². The maximum Gasteiger partial charge on any atom is 0.0260 e. The molecular weight excluding hydrogens is 226 g/mol. The van der Waals surface area contributed by atoms with Crippen LogP contribution in [0.3, 0.4) is 0 Å². The van der Waals surface area contributed by atoms with Gasteiger partial charge in [0.2, 0.25) is 0 Å². The number of unbranched alkanes of at least 4 members (excludes halogenated alkanes) is 1. The fourth-order valence-electron chi connectivity index (χ4n) is 1.28. The summed E-state index contributed by atoms with van der Waals surface area (Å²) >= 11 is 3.58. The number of hydrogen-bond donors (Lipinski definition) is 1. The van der Waals surface area contributed by atoms with Gasteiger partial charge in [0, 0.05) is 10.9 Å². The highest BCUT2D eigenvalue weighted by Gasteiger charge is 2.06. The van der Waals surface area contributed by atoms with Crippen LogP contribution in [-0.4, -0.2) is 17.4 Å². The molecule has 0 heterocycles. The number of alkyl halides is 1. The lowest BCUT2D eigenvalue weighted by Gasteiger charge is -2.15. The van der Waals surface area contributed by atoms with Gasteiger partial charge in [-0.3, -0.25) is 0 Å². The van der Waals surface area contributed by atoms with Crippen LogP contribution >= 0.6 is 15.9 Å². The summed E-state index contributed by atoms with van der Waals surface area (Å²) in [4.78, 5) is 0.586. The standard InChI is InChI=1S/C11H22BrN/c1-4-6-8-13-11(7-5-2)9-10(3)12/h5,7,10-11,13H,4,6,8-9H2,1-3H3. The van der Waals surface area contributed by atoms with Gasteiger partial charge in [-0.15, -0.1) is 0 Å². The average molecular weight is 248 g/mol. The maximum atomic E-state index is 3.58. The van der Waals surface area contributed by atoms with Gasteiger partial charge in [0.25, 0.3) is 0 Å². The van der Waals surface area contributed by atoms with Crippen LogP contribution in [0.25, 0.3) is 0 Å². The molecule has 0 aromatic heterocycles. The fourth-order valence-corrected chi connectivity index (χ4v) is 1.68. The second-order valence-electron chi connectivity index (χ2n) is 3.46. The summed E-state index contributed by atoms with van der Waals surface area (Å²) in [5.41, 5.74) is 0. The zero-order valence-electron chi connectivity index (χ0n) is 9.02. The van der Waals surface area contributed by atoms with Gasteiger partial charge in [-0.25, -0.2) is 0 Å². The Morgan fingerprint density at radius 2 is 2.15 bits per heavy atom. The molecule has 0 radical (unpaired) electrons. The molecule has 0 aliphatic rings. The summed E-state index contributed by atoms with van der Waals surface area (Å²) in [6, 6.07) is 0.533. The molecule has 2 heteroatoms. The molecule has 0 aromatic rings. The van der Waals surface area contributed by atoms with Gasteiger partial charge < -0.3 is 5.32 Å². The number of allylic oxidation sites excluding steroid dienone is 1. The van der Waals surface area contributed by atoms with E-state index in [4.69, 9.17) is 0 Å². The van der Waals surface area contributed by atoms with E-state index < -0.39 is 0 Å². The summed E-state index contributed by atoms with van der Waals surface area (Å²) in [5.74, 6) is 0. The highest BCUT2D eigenvalue weighted by atomic mass is 79.9. The predicted molar refractivity (Wildman–Crippen MR) is 64.5 cm³/mol. The summed E-state index contributed by atoms with van der Waals surface area (Å²) in [6.07, 6.45) is 8.06. The maximum absolute atomic E-state index is 3.58. The van der Waals surface area contributed by atoms with Gasteiger partial charge in [-0.05, 0) is 26.3 Å². The first kappa shape index (κ1) is 13.2. The zero-order valence-corrected chi connectivity index (χ0v) is 10.6. The summed E-state index contributed by atoms with van der Waals surface area (Å²) < 4.78 is 0. The van der Waals surface area contributed by atoms with Crippen molar-refractivity contribution in [2.24, 2.45) is 0 Å². The first-order valence-electron chi connectivity index (χ1n) is 5.21. The van der Waals surface area contributed by atoms with E-state index in [1.54, 1.807) is 0 Å². The molecular formula is C11H22BrN. The van der Waals surface area contributed by atoms with E-state index in [-0.39, 0.29) is 0 Å². The Labute approximate surface area is 91.1 Å². The van der Waals surface area contributed by atoms with Crippen LogP contribution in [0.5, 0.6) is 0 Å². The highest BCUT2D eigenvalue weighted by Crippen LogP contribution is 2.08. The van der Waals surface area contributed by atoms with Crippen molar-refractivity contribution in [1.29, 1.82) is 0 Å². The smallest absolute Gasteiger partial charge is 0.0260 e. The molecule has 0 amide bonds. The molecule has 2 unspecified atom stereocenters. The van der Waals surface area contributed by atoms with Crippen molar-refractivity contribution in [2.75, 3.05) is 6.54 Å². The van der Waals surface area contributed by atoms with Crippen molar-refractivity contribution >= 4 is 15.9 Å². The molecule has 0 saturated heterocycles. The van der Waals surface area contributed by atoms with Crippen LogP contribution in [0.15, 0.2) is 12.2 Å². The van der Waals surface area contributed by atoms with Crippen molar-refractivity contribution in [3.05, 3.63) is 12.2 Å². The molecule has 0 aliphatic heterocycles. The number of rotatable bonds is 7. The highest BCUT2D eigenvalue weighted by molar-refractivity contribution is 9.09. The van der Waals surface area contributed by atoms with Crippen LogP contribution < -0.4 is 5.32 Å². The molecule has 0 saturated carbocycles. The minimum atomic E-state index is 0.533. The monoisotopic (exact) mass is 247 g/mol. The lowest BCUT2D eigenvalue weighted by Crippen LogP contribution is -2.29. The van der Waals surface area contributed by atoms with Crippen molar-refractivity contribution in [2.45, 2.75) is 50.9 Å². The first-order chi connectivity index (χ1) is 6.20. The third-order valence-electron chi connectivity index (χ3n) is 1.94. The largest absolute Gasteiger partial charge is 0.310 e. The minimum absolute atomic E-state index is 0.533. The molecule has 0 rings (SSSR count). The Balaban J connectivity index is 3.67. The van der Waals surface area contributed by atoms with Crippen molar-refractivity contribution in [3.8, 4) is 0 Å². The molecule has 0 spiro atoms. The molecule has 0 aromatic carbocycles. The summed E-state index contributed by atoms with van der Waals surface area (Å²) in [5, 5.41) is 3.54. The normalized spacial score (nSPS) is 16.3. The number of hydrogen-bond acceptors (Lipinski definition) is 1. The van der Waals surface area contributed by atoms with Gasteiger partial charge in [0.05, 0.1) is 0 Å². The van der Waals surface area contributed by atoms with Gasteiger partial charge in [-0.2, -0.15) is 0 Å².